The van der Waals surface area contributed by atoms with Crippen LogP contribution in [0, 0.1) is 5.41 Å². The summed E-state index contributed by atoms with van der Waals surface area (Å²) in [6.45, 7) is 1.76. The number of carbonyl (C=O) groups is 1. The largest absolute Gasteiger partial charge is 0.384 e. The molecule has 0 aromatic rings. The third-order valence-electron chi connectivity index (χ3n) is 0.976. The fraction of sp³-hybridized carbons (Fsp3) is 0.143. The molecule has 54 valence electrons. The van der Waals surface area contributed by atoms with E-state index in [1.165, 1.54) is 12.2 Å². The molecule has 0 aliphatic heterocycles. The van der Waals surface area contributed by atoms with E-state index in [4.69, 9.17) is 11.1 Å². The van der Waals surface area contributed by atoms with Crippen LogP contribution in [0.15, 0.2) is 23.8 Å². The zero-order valence-electron chi connectivity index (χ0n) is 5.79. The summed E-state index contributed by atoms with van der Waals surface area (Å²) >= 11 is 0. The van der Waals surface area contributed by atoms with E-state index in [-0.39, 0.29) is 5.84 Å². The summed E-state index contributed by atoms with van der Waals surface area (Å²) in [6, 6.07) is 0. The maximum atomic E-state index is 9.82. The lowest BCUT2D eigenvalue weighted by Crippen LogP contribution is -2.10. The smallest absolute Gasteiger partial charge is 0.142 e. The minimum absolute atomic E-state index is 0.0272. The summed E-state index contributed by atoms with van der Waals surface area (Å²) in [4.78, 5) is 9.82. The molecule has 0 bridgehead atoms. The molecule has 0 aliphatic carbocycles. The van der Waals surface area contributed by atoms with Crippen molar-refractivity contribution in [2.24, 2.45) is 5.73 Å². The van der Waals surface area contributed by atoms with Gasteiger partial charge < -0.3 is 5.73 Å². The number of rotatable bonds is 3. The Labute approximate surface area is 59.7 Å². The first kappa shape index (κ1) is 8.62. The number of hydrogen-bond acceptors (Lipinski definition) is 2. The first-order valence-corrected chi connectivity index (χ1v) is 2.85. The van der Waals surface area contributed by atoms with Crippen LogP contribution in [0.4, 0.5) is 0 Å². The van der Waals surface area contributed by atoms with E-state index in [1.807, 2.05) is 0 Å². The summed E-state index contributed by atoms with van der Waals surface area (Å²) in [5.41, 5.74) is 5.70. The normalized spacial score (nSPS) is 11.9. The lowest BCUT2D eigenvalue weighted by Gasteiger charge is -1.93. The highest BCUT2D eigenvalue weighted by Gasteiger charge is 1.90. The summed E-state index contributed by atoms with van der Waals surface area (Å²) in [6.07, 6.45) is 5.11. The van der Waals surface area contributed by atoms with Crippen LogP contribution in [0.5, 0.6) is 0 Å². The highest BCUT2D eigenvalue weighted by atomic mass is 16.1. The second kappa shape index (κ2) is 4.49. The summed E-state index contributed by atoms with van der Waals surface area (Å²) in [7, 11) is 0. The molecule has 0 unspecified atom stereocenters. The number of amidine groups is 1. The van der Waals surface area contributed by atoms with E-state index in [9.17, 15) is 4.79 Å². The van der Waals surface area contributed by atoms with Gasteiger partial charge in [0.15, 0.2) is 0 Å². The Morgan fingerprint density at radius 1 is 1.60 bits per heavy atom. The molecule has 0 heterocycles. The van der Waals surface area contributed by atoms with E-state index >= 15 is 0 Å². The van der Waals surface area contributed by atoms with Gasteiger partial charge in [0.25, 0.3) is 0 Å². The van der Waals surface area contributed by atoms with Gasteiger partial charge in [0.2, 0.25) is 0 Å². The van der Waals surface area contributed by atoms with Crippen LogP contribution >= 0.6 is 0 Å². The van der Waals surface area contributed by atoms with Crippen molar-refractivity contribution in [3.05, 3.63) is 23.8 Å². The molecule has 0 fully saturated rings. The zero-order chi connectivity index (χ0) is 7.98. The van der Waals surface area contributed by atoms with Crippen molar-refractivity contribution in [1.29, 1.82) is 5.41 Å². The van der Waals surface area contributed by atoms with Crippen LogP contribution in [-0.4, -0.2) is 12.1 Å². The van der Waals surface area contributed by atoms with Crippen molar-refractivity contribution in [3.63, 3.8) is 0 Å². The number of nitrogens with two attached hydrogens (primary N) is 1. The van der Waals surface area contributed by atoms with Gasteiger partial charge in [-0.05, 0) is 19.1 Å². The van der Waals surface area contributed by atoms with Crippen molar-refractivity contribution in [2.45, 2.75) is 6.92 Å². The maximum absolute atomic E-state index is 9.82. The van der Waals surface area contributed by atoms with Crippen molar-refractivity contribution >= 4 is 12.1 Å². The van der Waals surface area contributed by atoms with Gasteiger partial charge in [0.1, 0.15) is 12.1 Å². The van der Waals surface area contributed by atoms with E-state index in [1.54, 1.807) is 13.0 Å². The molecule has 0 saturated carbocycles. The summed E-state index contributed by atoms with van der Waals surface area (Å²) < 4.78 is 0. The van der Waals surface area contributed by atoms with Crippen LogP contribution in [0.3, 0.4) is 0 Å². The van der Waals surface area contributed by atoms with E-state index < -0.39 is 0 Å². The zero-order valence-corrected chi connectivity index (χ0v) is 5.79. The van der Waals surface area contributed by atoms with Gasteiger partial charge in [-0.2, -0.15) is 0 Å². The predicted octanol–water partition coefficient (Wildman–Crippen LogP) is 0.624. The molecule has 0 radical (unpaired) electrons. The molecule has 3 N–H and O–H groups in total. The summed E-state index contributed by atoms with van der Waals surface area (Å²) in [5.74, 6) is -0.0272. The maximum Gasteiger partial charge on any atom is 0.142 e. The molecule has 10 heavy (non-hydrogen) atoms. The Hall–Kier alpha value is -1.38. The van der Waals surface area contributed by atoms with E-state index in [2.05, 4.69) is 0 Å². The van der Waals surface area contributed by atoms with Crippen molar-refractivity contribution in [1.82, 2.24) is 0 Å². The number of nitrogens with one attached hydrogen (secondary N) is 1. The summed E-state index contributed by atoms with van der Waals surface area (Å²) in [5, 5.41) is 6.97. The molecular formula is C7H10N2O. The SMILES string of the molecule is C/C=C(\C=C/C=O)C(=N)N. The molecule has 0 aromatic heterocycles. The number of hydrogen-bond donors (Lipinski definition) is 2. The average Bonchev–Trinajstić information content (AvgIpc) is 1.89. The van der Waals surface area contributed by atoms with Crippen LogP contribution in [0.2, 0.25) is 0 Å². The van der Waals surface area contributed by atoms with Crippen LogP contribution in [0.25, 0.3) is 0 Å². The third kappa shape index (κ3) is 2.81. The van der Waals surface area contributed by atoms with E-state index in [0.29, 0.717) is 11.9 Å². The predicted molar refractivity (Wildman–Crippen MR) is 40.9 cm³/mol. The Bertz CT molecular complexity index is 192. The topological polar surface area (TPSA) is 66.9 Å². The Morgan fingerprint density at radius 2 is 2.20 bits per heavy atom. The minimum Gasteiger partial charge on any atom is -0.384 e. The third-order valence-corrected chi connectivity index (χ3v) is 0.976. The lowest BCUT2D eigenvalue weighted by molar-refractivity contribution is -0.104. The molecule has 3 heteroatoms. The molecule has 0 saturated heterocycles. The molecule has 0 spiro atoms. The lowest BCUT2D eigenvalue weighted by atomic mass is 10.2. The van der Waals surface area contributed by atoms with Gasteiger partial charge in [0.05, 0.1) is 0 Å². The molecule has 0 rings (SSSR count). The van der Waals surface area contributed by atoms with Crippen LogP contribution < -0.4 is 5.73 Å². The second-order valence-electron chi connectivity index (χ2n) is 1.65. The fourth-order valence-corrected chi connectivity index (χ4v) is 0.484. The van der Waals surface area contributed by atoms with Crippen LogP contribution in [-0.2, 0) is 4.79 Å². The molecule has 3 nitrogen and oxygen atoms in total. The van der Waals surface area contributed by atoms with Crippen molar-refractivity contribution in [2.75, 3.05) is 0 Å². The molecule has 0 atom stereocenters. The Morgan fingerprint density at radius 3 is 2.50 bits per heavy atom. The number of carbonyl (C=O) groups excluding carboxylic acids is 1. The van der Waals surface area contributed by atoms with Gasteiger partial charge >= 0.3 is 0 Å². The van der Waals surface area contributed by atoms with Gasteiger partial charge in [-0.1, -0.05) is 6.08 Å². The van der Waals surface area contributed by atoms with Gasteiger partial charge in [0, 0.05) is 5.57 Å². The van der Waals surface area contributed by atoms with Gasteiger partial charge in [-0.3, -0.25) is 10.2 Å². The quantitative estimate of drug-likeness (QED) is 0.197. The molecule has 0 aromatic carbocycles. The monoisotopic (exact) mass is 138 g/mol. The highest BCUT2D eigenvalue weighted by molar-refractivity contribution is 5.97. The fourth-order valence-electron chi connectivity index (χ4n) is 0.484. The number of aldehydes is 1. The average molecular weight is 138 g/mol. The van der Waals surface area contributed by atoms with Crippen molar-refractivity contribution in [3.8, 4) is 0 Å². The standard InChI is InChI=1S/C7H10N2O/c1-2-6(7(8)9)4-3-5-10/h2-5H,1H3,(H3,8,9)/b4-3-,6-2+. The van der Waals surface area contributed by atoms with Crippen LogP contribution in [0.1, 0.15) is 6.92 Å². The van der Waals surface area contributed by atoms with Crippen molar-refractivity contribution < 1.29 is 4.79 Å². The van der Waals surface area contributed by atoms with Gasteiger partial charge in [-0.15, -0.1) is 0 Å². The molecule has 0 amide bonds. The first-order chi connectivity index (χ1) is 4.72. The Balaban J connectivity index is 4.25. The molecule has 0 aliphatic rings. The number of allylic oxidation sites excluding steroid dienone is 2. The van der Waals surface area contributed by atoms with E-state index in [0.717, 1.165) is 0 Å². The highest BCUT2D eigenvalue weighted by Crippen LogP contribution is 1.93. The first-order valence-electron chi connectivity index (χ1n) is 2.85. The molecular weight excluding hydrogens is 128 g/mol. The Kier molecular flexibility index (Phi) is 3.87. The minimum atomic E-state index is -0.0272. The van der Waals surface area contributed by atoms with Gasteiger partial charge in [-0.25, -0.2) is 0 Å². The second-order valence-corrected chi connectivity index (χ2v) is 1.65.